The standard InChI is InChI=1S/C24H25ClN2O3S/c1-17-9-7-8-12-21(17)24(19-10-5-4-6-11-19)26-23(28)16-27(31(3,29)30)20-14-13-18(2)22(25)15-20/h4-15,24H,16H2,1-3H3,(H,26,28)/t24-/m0/s1. The Labute approximate surface area is 188 Å². The highest BCUT2D eigenvalue weighted by Crippen LogP contribution is 2.27. The number of nitrogens with one attached hydrogen (secondary N) is 1. The number of benzene rings is 3. The number of rotatable bonds is 7. The van der Waals surface area contributed by atoms with Crippen molar-refractivity contribution < 1.29 is 13.2 Å². The van der Waals surface area contributed by atoms with Crippen LogP contribution in [0.2, 0.25) is 5.02 Å². The van der Waals surface area contributed by atoms with E-state index in [9.17, 15) is 13.2 Å². The fourth-order valence-electron chi connectivity index (χ4n) is 3.37. The van der Waals surface area contributed by atoms with Gasteiger partial charge >= 0.3 is 0 Å². The summed E-state index contributed by atoms with van der Waals surface area (Å²) in [7, 11) is -3.70. The van der Waals surface area contributed by atoms with E-state index in [1.54, 1.807) is 18.2 Å². The molecule has 0 radical (unpaired) electrons. The van der Waals surface area contributed by atoms with Gasteiger partial charge in [0.2, 0.25) is 15.9 Å². The van der Waals surface area contributed by atoms with E-state index in [0.29, 0.717) is 10.7 Å². The minimum absolute atomic E-state index is 0.348. The van der Waals surface area contributed by atoms with E-state index < -0.39 is 22.0 Å². The maximum Gasteiger partial charge on any atom is 0.241 e. The van der Waals surface area contributed by atoms with Crippen LogP contribution in [0.1, 0.15) is 28.3 Å². The number of nitrogens with zero attached hydrogens (tertiary/aromatic N) is 1. The van der Waals surface area contributed by atoms with Gasteiger partial charge in [-0.3, -0.25) is 9.10 Å². The van der Waals surface area contributed by atoms with Gasteiger partial charge in [0.05, 0.1) is 18.0 Å². The lowest BCUT2D eigenvalue weighted by molar-refractivity contribution is -0.120. The summed E-state index contributed by atoms with van der Waals surface area (Å²) in [5.41, 5.74) is 4.06. The van der Waals surface area contributed by atoms with Crippen LogP contribution >= 0.6 is 11.6 Å². The van der Waals surface area contributed by atoms with Crippen LogP contribution in [-0.2, 0) is 14.8 Å². The second kappa shape index (κ2) is 9.54. The fourth-order valence-corrected chi connectivity index (χ4v) is 4.39. The number of sulfonamides is 1. The number of halogens is 1. The average molecular weight is 457 g/mol. The smallest absolute Gasteiger partial charge is 0.241 e. The molecule has 0 heterocycles. The van der Waals surface area contributed by atoms with Gasteiger partial charge in [0, 0.05) is 5.02 Å². The maximum atomic E-state index is 13.0. The first-order chi connectivity index (χ1) is 14.7. The van der Waals surface area contributed by atoms with E-state index in [-0.39, 0.29) is 6.54 Å². The van der Waals surface area contributed by atoms with Crippen LogP contribution in [0.25, 0.3) is 0 Å². The predicted molar refractivity (Wildman–Crippen MR) is 126 cm³/mol. The molecule has 3 rings (SSSR count). The molecular weight excluding hydrogens is 432 g/mol. The molecule has 0 aliphatic carbocycles. The molecule has 0 bridgehead atoms. The van der Waals surface area contributed by atoms with Crippen molar-refractivity contribution in [3.63, 3.8) is 0 Å². The van der Waals surface area contributed by atoms with Crippen LogP contribution in [0.4, 0.5) is 5.69 Å². The van der Waals surface area contributed by atoms with Gasteiger partial charge in [0.15, 0.2) is 0 Å². The minimum atomic E-state index is -3.70. The lowest BCUT2D eigenvalue weighted by atomic mass is 9.95. The van der Waals surface area contributed by atoms with Gasteiger partial charge in [0.25, 0.3) is 0 Å². The number of hydrogen-bond donors (Lipinski definition) is 1. The molecule has 1 amide bonds. The highest BCUT2D eigenvalue weighted by atomic mass is 35.5. The first-order valence-corrected chi connectivity index (χ1v) is 12.0. The summed E-state index contributed by atoms with van der Waals surface area (Å²) in [5, 5.41) is 3.45. The maximum absolute atomic E-state index is 13.0. The van der Waals surface area contributed by atoms with Crippen molar-refractivity contribution >= 4 is 33.2 Å². The molecule has 1 atom stereocenters. The topological polar surface area (TPSA) is 66.5 Å². The van der Waals surface area contributed by atoms with E-state index >= 15 is 0 Å². The molecule has 0 spiro atoms. The first kappa shape index (κ1) is 22.8. The van der Waals surface area contributed by atoms with Crippen LogP contribution < -0.4 is 9.62 Å². The molecule has 31 heavy (non-hydrogen) atoms. The molecule has 1 N–H and O–H groups in total. The van der Waals surface area contributed by atoms with Gasteiger partial charge in [-0.2, -0.15) is 0 Å². The molecule has 0 saturated heterocycles. The van der Waals surface area contributed by atoms with Crippen molar-refractivity contribution in [3.05, 3.63) is 100 Å². The molecule has 7 heteroatoms. The van der Waals surface area contributed by atoms with Crippen molar-refractivity contribution in [2.75, 3.05) is 17.1 Å². The summed E-state index contributed by atoms with van der Waals surface area (Å²) >= 11 is 6.18. The Morgan fingerprint density at radius 3 is 2.23 bits per heavy atom. The summed E-state index contributed by atoms with van der Waals surface area (Å²) in [5.74, 6) is -0.417. The van der Waals surface area contributed by atoms with Crippen molar-refractivity contribution in [1.82, 2.24) is 5.32 Å². The van der Waals surface area contributed by atoms with E-state index in [2.05, 4.69) is 5.32 Å². The SMILES string of the molecule is Cc1ccc(N(CC(=O)N[C@@H](c2ccccc2)c2ccccc2C)S(C)(=O)=O)cc1Cl. The van der Waals surface area contributed by atoms with Gasteiger partial charge in [-0.05, 0) is 48.2 Å². The van der Waals surface area contributed by atoms with Gasteiger partial charge in [-0.1, -0.05) is 72.3 Å². The fraction of sp³-hybridized carbons (Fsp3) is 0.208. The molecule has 5 nitrogen and oxygen atoms in total. The number of anilines is 1. The quantitative estimate of drug-likeness (QED) is 0.563. The third-order valence-electron chi connectivity index (χ3n) is 5.07. The van der Waals surface area contributed by atoms with E-state index in [0.717, 1.165) is 32.8 Å². The van der Waals surface area contributed by atoms with E-state index in [4.69, 9.17) is 11.6 Å². The van der Waals surface area contributed by atoms with Crippen LogP contribution in [-0.4, -0.2) is 27.1 Å². The molecule has 0 aromatic heterocycles. The zero-order chi connectivity index (χ0) is 22.6. The van der Waals surface area contributed by atoms with E-state index in [1.807, 2.05) is 68.4 Å². The van der Waals surface area contributed by atoms with Crippen molar-refractivity contribution in [1.29, 1.82) is 0 Å². The number of carbonyl (C=O) groups excluding carboxylic acids is 1. The Kier molecular flexibility index (Phi) is 7.03. The lowest BCUT2D eigenvalue weighted by Gasteiger charge is -2.26. The third-order valence-corrected chi connectivity index (χ3v) is 6.62. The Balaban J connectivity index is 1.92. The second-order valence-electron chi connectivity index (χ2n) is 7.47. The zero-order valence-electron chi connectivity index (χ0n) is 17.7. The largest absolute Gasteiger partial charge is 0.344 e. The molecule has 0 aliphatic heterocycles. The van der Waals surface area contributed by atoms with Gasteiger partial charge in [0.1, 0.15) is 6.54 Å². The number of aryl methyl sites for hydroxylation is 2. The molecule has 162 valence electrons. The normalized spacial score (nSPS) is 12.3. The highest BCUT2D eigenvalue weighted by Gasteiger charge is 2.24. The Hall–Kier alpha value is -2.83. The molecule has 0 aliphatic rings. The van der Waals surface area contributed by atoms with E-state index in [1.165, 1.54) is 0 Å². The second-order valence-corrected chi connectivity index (χ2v) is 9.78. The number of hydrogen-bond acceptors (Lipinski definition) is 3. The van der Waals surface area contributed by atoms with Crippen molar-refractivity contribution in [3.8, 4) is 0 Å². The van der Waals surface area contributed by atoms with Crippen molar-refractivity contribution in [2.45, 2.75) is 19.9 Å². The minimum Gasteiger partial charge on any atom is -0.344 e. The third kappa shape index (κ3) is 5.66. The Bertz CT molecular complexity index is 1180. The van der Waals surface area contributed by atoms with Crippen LogP contribution in [0.3, 0.4) is 0 Å². The molecule has 0 saturated carbocycles. The summed E-state index contributed by atoms with van der Waals surface area (Å²) in [6.07, 6.45) is 1.07. The molecular formula is C24H25ClN2O3S. The van der Waals surface area contributed by atoms with Gasteiger partial charge in [-0.15, -0.1) is 0 Å². The van der Waals surface area contributed by atoms with Gasteiger partial charge < -0.3 is 5.32 Å². The summed E-state index contributed by atoms with van der Waals surface area (Å²) < 4.78 is 26.0. The predicted octanol–water partition coefficient (Wildman–Crippen LogP) is 4.63. The number of amides is 1. The molecule has 3 aromatic carbocycles. The summed E-state index contributed by atoms with van der Waals surface area (Å²) in [6, 6.07) is 21.9. The first-order valence-electron chi connectivity index (χ1n) is 9.80. The van der Waals surface area contributed by atoms with Crippen LogP contribution in [0.15, 0.2) is 72.8 Å². The average Bonchev–Trinajstić information content (AvgIpc) is 2.73. The zero-order valence-corrected chi connectivity index (χ0v) is 19.2. The molecule has 3 aromatic rings. The Morgan fingerprint density at radius 1 is 0.968 bits per heavy atom. The lowest BCUT2D eigenvalue weighted by Crippen LogP contribution is -2.42. The van der Waals surface area contributed by atoms with Crippen molar-refractivity contribution in [2.24, 2.45) is 0 Å². The summed E-state index contributed by atoms with van der Waals surface area (Å²) in [6.45, 7) is 3.46. The van der Waals surface area contributed by atoms with Crippen LogP contribution in [0.5, 0.6) is 0 Å². The number of carbonyl (C=O) groups is 1. The van der Waals surface area contributed by atoms with Crippen LogP contribution in [0, 0.1) is 13.8 Å². The highest BCUT2D eigenvalue weighted by molar-refractivity contribution is 7.92. The summed E-state index contributed by atoms with van der Waals surface area (Å²) in [4.78, 5) is 13.0. The van der Waals surface area contributed by atoms with Gasteiger partial charge in [-0.25, -0.2) is 8.42 Å². The molecule has 0 unspecified atom stereocenters. The molecule has 0 fully saturated rings. The monoisotopic (exact) mass is 456 g/mol. The Morgan fingerprint density at radius 2 is 1.61 bits per heavy atom.